The lowest BCUT2D eigenvalue weighted by Crippen LogP contribution is -2.34. The zero-order valence-electron chi connectivity index (χ0n) is 19.1. The minimum absolute atomic E-state index is 0.0741. The van der Waals surface area contributed by atoms with Crippen LogP contribution >= 0.6 is 11.6 Å². The lowest BCUT2D eigenvalue weighted by atomic mass is 10.0. The van der Waals surface area contributed by atoms with Crippen molar-refractivity contribution in [2.24, 2.45) is 0 Å². The van der Waals surface area contributed by atoms with Crippen molar-refractivity contribution in [3.05, 3.63) is 52.3 Å². The molecule has 2 aromatic rings. The number of rotatable bonds is 8. The van der Waals surface area contributed by atoms with Gasteiger partial charge in [0, 0.05) is 18.3 Å². The van der Waals surface area contributed by atoms with Crippen LogP contribution in [0.15, 0.2) is 30.3 Å². The summed E-state index contributed by atoms with van der Waals surface area (Å²) in [7, 11) is -3.86. The van der Waals surface area contributed by atoms with E-state index in [1.807, 2.05) is 4.90 Å². The predicted molar refractivity (Wildman–Crippen MR) is 125 cm³/mol. The Kier molecular flexibility index (Phi) is 7.29. The smallest absolute Gasteiger partial charge is 0.491 e. The zero-order valence-corrected chi connectivity index (χ0v) is 20.6. The van der Waals surface area contributed by atoms with Crippen molar-refractivity contribution in [3.63, 3.8) is 0 Å². The number of alkyl halides is 3. The highest BCUT2D eigenvalue weighted by atomic mass is 35.5. The number of carbonyl (C=O) groups excluding carboxylic acids is 1. The summed E-state index contributed by atoms with van der Waals surface area (Å²) in [6, 6.07) is 6.29. The van der Waals surface area contributed by atoms with E-state index in [9.17, 15) is 30.8 Å². The number of carbonyl (C=O) groups is 1. The van der Waals surface area contributed by atoms with E-state index in [1.165, 1.54) is 18.2 Å². The van der Waals surface area contributed by atoms with Crippen LogP contribution in [0.25, 0.3) is 0 Å². The van der Waals surface area contributed by atoms with E-state index >= 15 is 0 Å². The third-order valence-corrected chi connectivity index (χ3v) is 6.77. The lowest BCUT2D eigenvalue weighted by Gasteiger charge is -2.28. The quantitative estimate of drug-likeness (QED) is 0.466. The standard InChI is InChI=1S/C23H23ClF4N2O5S/c1-36(32,33)29-22(31)17-10-16(13-4-5-13)21(11-19(17)25)34-12-15-3-2-8-30(15)14-6-7-20(18(24)9-14)35-23(26,27)28/h6-7,9-11,13,15H,2-5,8,12H2,1H3,(H,29,31)/t15-/m1/s1. The molecule has 7 nitrogen and oxygen atoms in total. The topological polar surface area (TPSA) is 84.9 Å². The lowest BCUT2D eigenvalue weighted by molar-refractivity contribution is -0.274. The van der Waals surface area contributed by atoms with E-state index in [0.29, 0.717) is 17.8 Å². The molecule has 0 spiro atoms. The molecule has 1 aliphatic carbocycles. The van der Waals surface area contributed by atoms with Crippen molar-refractivity contribution in [2.45, 2.75) is 44.0 Å². The number of amides is 1. The number of benzene rings is 2. The fourth-order valence-electron chi connectivity index (χ4n) is 4.22. The Morgan fingerprint density at radius 2 is 1.89 bits per heavy atom. The minimum atomic E-state index is -4.86. The van der Waals surface area contributed by atoms with Crippen LogP contribution in [0.1, 0.15) is 47.5 Å². The van der Waals surface area contributed by atoms with Crippen molar-refractivity contribution < 1.29 is 40.2 Å². The van der Waals surface area contributed by atoms with Crippen LogP contribution < -0.4 is 19.1 Å². The molecule has 1 heterocycles. The Balaban J connectivity index is 1.50. The molecular weight excluding hydrogens is 528 g/mol. The van der Waals surface area contributed by atoms with Gasteiger partial charge < -0.3 is 14.4 Å². The maximum Gasteiger partial charge on any atom is 0.573 e. The molecule has 4 rings (SSSR count). The molecule has 0 radical (unpaired) electrons. The highest BCUT2D eigenvalue weighted by Crippen LogP contribution is 2.45. The summed E-state index contributed by atoms with van der Waals surface area (Å²) in [6.45, 7) is 0.782. The number of hydrogen-bond donors (Lipinski definition) is 1. The van der Waals surface area contributed by atoms with E-state index in [0.717, 1.165) is 44.1 Å². The van der Waals surface area contributed by atoms with Crippen LogP contribution in [0.2, 0.25) is 5.02 Å². The first-order valence-corrected chi connectivity index (χ1v) is 13.4. The molecule has 0 bridgehead atoms. The van der Waals surface area contributed by atoms with E-state index < -0.39 is 33.9 Å². The van der Waals surface area contributed by atoms with Crippen molar-refractivity contribution >= 4 is 33.2 Å². The number of nitrogens with zero attached hydrogens (tertiary/aromatic N) is 1. The molecule has 1 aliphatic heterocycles. The summed E-state index contributed by atoms with van der Waals surface area (Å²) in [4.78, 5) is 14.2. The highest BCUT2D eigenvalue weighted by Gasteiger charge is 2.33. The third kappa shape index (κ3) is 6.52. The van der Waals surface area contributed by atoms with Crippen LogP contribution in [-0.2, 0) is 10.0 Å². The molecule has 2 aromatic carbocycles. The maximum absolute atomic E-state index is 14.7. The summed E-state index contributed by atoms with van der Waals surface area (Å²) < 4.78 is 86.7. The number of sulfonamides is 1. The Labute approximate surface area is 210 Å². The Hall–Kier alpha value is -2.73. The molecular formula is C23H23ClF4N2O5S. The molecule has 36 heavy (non-hydrogen) atoms. The SMILES string of the molecule is CS(=O)(=O)NC(=O)c1cc(C2CC2)c(OC[C@H]2CCCN2c2ccc(OC(F)(F)F)c(Cl)c2)cc1F. The average Bonchev–Trinajstić information content (AvgIpc) is 3.48. The predicted octanol–water partition coefficient (Wildman–Crippen LogP) is 4.99. The fraction of sp³-hybridized carbons (Fsp3) is 0.435. The summed E-state index contributed by atoms with van der Waals surface area (Å²) in [5, 5.41) is -0.183. The maximum atomic E-state index is 14.7. The number of nitrogens with one attached hydrogen (secondary N) is 1. The molecule has 1 amide bonds. The van der Waals surface area contributed by atoms with Crippen molar-refractivity contribution in [2.75, 3.05) is 24.3 Å². The van der Waals surface area contributed by atoms with Crippen LogP contribution in [0.3, 0.4) is 0 Å². The van der Waals surface area contributed by atoms with Crippen LogP contribution in [-0.4, -0.2) is 46.1 Å². The van der Waals surface area contributed by atoms with Gasteiger partial charge in [-0.3, -0.25) is 4.79 Å². The first-order chi connectivity index (χ1) is 16.8. The molecule has 1 saturated heterocycles. The first-order valence-electron chi connectivity index (χ1n) is 11.1. The van der Waals surface area contributed by atoms with Gasteiger partial charge in [0.2, 0.25) is 10.0 Å². The molecule has 1 N–H and O–H groups in total. The molecule has 0 unspecified atom stereocenters. The highest BCUT2D eigenvalue weighted by molar-refractivity contribution is 7.89. The number of anilines is 1. The van der Waals surface area contributed by atoms with Gasteiger partial charge in [-0.15, -0.1) is 13.2 Å². The number of hydrogen-bond acceptors (Lipinski definition) is 6. The van der Waals surface area contributed by atoms with Crippen LogP contribution in [0, 0.1) is 5.82 Å². The minimum Gasteiger partial charge on any atom is -0.491 e. The second kappa shape index (κ2) is 9.97. The summed E-state index contributed by atoms with van der Waals surface area (Å²) >= 11 is 6.00. The van der Waals surface area contributed by atoms with Crippen LogP contribution in [0.4, 0.5) is 23.2 Å². The van der Waals surface area contributed by atoms with E-state index in [4.69, 9.17) is 16.3 Å². The van der Waals surface area contributed by atoms with Gasteiger partial charge in [0.25, 0.3) is 5.91 Å². The summed E-state index contributed by atoms with van der Waals surface area (Å²) in [5.41, 5.74) is 0.839. The van der Waals surface area contributed by atoms with Gasteiger partial charge in [-0.25, -0.2) is 17.5 Å². The van der Waals surface area contributed by atoms with Gasteiger partial charge in [-0.1, -0.05) is 11.6 Å². The largest absolute Gasteiger partial charge is 0.573 e. The van der Waals surface area contributed by atoms with E-state index in [1.54, 1.807) is 4.72 Å². The number of ether oxygens (including phenoxy) is 2. The molecule has 0 aromatic heterocycles. The fourth-order valence-corrected chi connectivity index (χ4v) is 4.88. The summed E-state index contributed by atoms with van der Waals surface area (Å²) in [6.07, 6.45) is -0.856. The first kappa shape index (κ1) is 26.3. The molecule has 1 saturated carbocycles. The van der Waals surface area contributed by atoms with Gasteiger partial charge in [-0.2, -0.15) is 0 Å². The van der Waals surface area contributed by atoms with Crippen molar-refractivity contribution in [3.8, 4) is 11.5 Å². The Bertz CT molecular complexity index is 1270. The van der Waals surface area contributed by atoms with Gasteiger partial charge >= 0.3 is 6.36 Å². The van der Waals surface area contributed by atoms with Gasteiger partial charge in [-0.05, 0) is 61.4 Å². The molecule has 196 valence electrons. The number of halogens is 5. The van der Waals surface area contributed by atoms with Gasteiger partial charge in [0.1, 0.15) is 23.9 Å². The molecule has 2 aliphatic rings. The zero-order chi connectivity index (χ0) is 26.3. The normalized spacial score (nSPS) is 18.3. The average molecular weight is 551 g/mol. The van der Waals surface area contributed by atoms with Gasteiger partial charge in [0.15, 0.2) is 0 Å². The Morgan fingerprint density at radius 3 is 2.50 bits per heavy atom. The van der Waals surface area contributed by atoms with E-state index in [-0.39, 0.29) is 34.9 Å². The second-order valence-electron chi connectivity index (χ2n) is 8.81. The van der Waals surface area contributed by atoms with Crippen LogP contribution in [0.5, 0.6) is 11.5 Å². The second-order valence-corrected chi connectivity index (χ2v) is 11.0. The van der Waals surface area contributed by atoms with Gasteiger partial charge in [0.05, 0.1) is 22.9 Å². The monoisotopic (exact) mass is 550 g/mol. The van der Waals surface area contributed by atoms with Crippen molar-refractivity contribution in [1.29, 1.82) is 0 Å². The summed E-state index contributed by atoms with van der Waals surface area (Å²) in [5.74, 6) is -2.12. The van der Waals surface area contributed by atoms with E-state index in [2.05, 4.69) is 4.74 Å². The third-order valence-electron chi connectivity index (χ3n) is 5.92. The molecule has 13 heteroatoms. The Morgan fingerprint density at radius 1 is 1.17 bits per heavy atom. The molecule has 2 fully saturated rings. The van der Waals surface area contributed by atoms with Crippen molar-refractivity contribution in [1.82, 2.24) is 4.72 Å². The molecule has 1 atom stereocenters.